The predicted molar refractivity (Wildman–Crippen MR) is 59.8 cm³/mol. The van der Waals surface area contributed by atoms with Gasteiger partial charge in [-0.05, 0) is 30.8 Å². The van der Waals surface area contributed by atoms with Crippen LogP contribution in [0.2, 0.25) is 0 Å². The summed E-state index contributed by atoms with van der Waals surface area (Å²) in [5, 5.41) is 11.5. The number of aliphatic carboxylic acids is 1. The maximum Gasteiger partial charge on any atom is 0.326 e. The molecule has 1 rings (SSSR count). The summed E-state index contributed by atoms with van der Waals surface area (Å²) in [5.41, 5.74) is 0. The average molecular weight is 231 g/mol. The van der Waals surface area contributed by atoms with E-state index in [9.17, 15) is 9.59 Å². The van der Waals surface area contributed by atoms with Crippen LogP contribution in [0.5, 0.6) is 0 Å². The molecule has 5 heteroatoms. The summed E-state index contributed by atoms with van der Waals surface area (Å²) >= 11 is 1.58. The van der Waals surface area contributed by atoms with Crippen LogP contribution in [0.1, 0.15) is 19.8 Å². The molecule has 3 atom stereocenters. The van der Waals surface area contributed by atoms with E-state index in [1.54, 1.807) is 11.8 Å². The van der Waals surface area contributed by atoms with E-state index in [4.69, 9.17) is 5.11 Å². The van der Waals surface area contributed by atoms with Gasteiger partial charge in [0.05, 0.1) is 0 Å². The van der Waals surface area contributed by atoms with Gasteiger partial charge in [-0.2, -0.15) is 11.8 Å². The van der Waals surface area contributed by atoms with E-state index in [1.165, 1.54) is 0 Å². The lowest BCUT2D eigenvalue weighted by molar-refractivity contribution is -0.142. The molecule has 1 aliphatic carbocycles. The Morgan fingerprint density at radius 3 is 2.60 bits per heavy atom. The molecule has 0 saturated heterocycles. The number of carbonyl (C=O) groups is 2. The van der Waals surface area contributed by atoms with Crippen molar-refractivity contribution in [3.05, 3.63) is 0 Å². The third-order valence-corrected chi connectivity index (χ3v) is 3.32. The molecular weight excluding hydrogens is 214 g/mol. The lowest BCUT2D eigenvalue weighted by Gasteiger charge is -2.13. The van der Waals surface area contributed by atoms with E-state index in [0.717, 1.165) is 12.2 Å². The maximum atomic E-state index is 11.5. The van der Waals surface area contributed by atoms with Crippen molar-refractivity contribution in [3.63, 3.8) is 0 Å². The molecule has 3 unspecified atom stereocenters. The molecule has 0 aromatic carbocycles. The molecule has 1 aliphatic rings. The third kappa shape index (κ3) is 3.74. The number of amides is 1. The summed E-state index contributed by atoms with van der Waals surface area (Å²) in [7, 11) is 0. The highest BCUT2D eigenvalue weighted by molar-refractivity contribution is 7.98. The minimum absolute atomic E-state index is 0.0427. The zero-order valence-electron chi connectivity index (χ0n) is 9.03. The molecule has 86 valence electrons. The molecule has 15 heavy (non-hydrogen) atoms. The minimum Gasteiger partial charge on any atom is -0.480 e. The van der Waals surface area contributed by atoms with Gasteiger partial charge in [0.2, 0.25) is 5.91 Å². The summed E-state index contributed by atoms with van der Waals surface area (Å²) < 4.78 is 0. The summed E-state index contributed by atoms with van der Waals surface area (Å²) in [6, 6.07) is -0.724. The van der Waals surface area contributed by atoms with Crippen molar-refractivity contribution in [1.82, 2.24) is 5.32 Å². The van der Waals surface area contributed by atoms with Crippen LogP contribution in [0.25, 0.3) is 0 Å². The zero-order chi connectivity index (χ0) is 11.4. The maximum absolute atomic E-state index is 11.5. The summed E-state index contributed by atoms with van der Waals surface area (Å²) in [6.45, 7) is 2.00. The van der Waals surface area contributed by atoms with Crippen LogP contribution in [0, 0.1) is 11.8 Å². The normalized spacial score (nSPS) is 25.7. The first-order valence-electron chi connectivity index (χ1n) is 5.08. The Hall–Kier alpha value is -0.710. The number of nitrogens with one attached hydrogen (secondary N) is 1. The van der Waals surface area contributed by atoms with Gasteiger partial charge in [0.1, 0.15) is 6.04 Å². The number of carboxylic acid groups (broad SMARTS) is 1. The van der Waals surface area contributed by atoms with Crippen molar-refractivity contribution in [1.29, 1.82) is 0 Å². The predicted octanol–water partition coefficient (Wildman–Crippen LogP) is 0.965. The van der Waals surface area contributed by atoms with Crippen molar-refractivity contribution in [3.8, 4) is 0 Å². The number of carbonyl (C=O) groups excluding carboxylic acids is 1. The van der Waals surface area contributed by atoms with E-state index in [1.807, 2.05) is 13.2 Å². The van der Waals surface area contributed by atoms with E-state index < -0.39 is 12.0 Å². The van der Waals surface area contributed by atoms with Crippen molar-refractivity contribution in [2.75, 3.05) is 12.0 Å². The fourth-order valence-corrected chi connectivity index (χ4v) is 1.93. The zero-order valence-corrected chi connectivity index (χ0v) is 9.84. The van der Waals surface area contributed by atoms with Gasteiger partial charge in [-0.25, -0.2) is 4.79 Å². The molecule has 0 spiro atoms. The standard InChI is InChI=1S/C10H17NO3S/c1-6-5-7(6)9(12)11-8(10(13)14)3-4-15-2/h6-8H,3-5H2,1-2H3,(H,11,12)(H,13,14). The summed E-state index contributed by atoms with van der Waals surface area (Å²) in [5.74, 6) is 0.167. The Bertz CT molecular complexity index is 257. The topological polar surface area (TPSA) is 66.4 Å². The minimum atomic E-state index is -0.939. The molecule has 0 aromatic rings. The molecule has 0 bridgehead atoms. The van der Waals surface area contributed by atoms with Gasteiger partial charge in [-0.15, -0.1) is 0 Å². The van der Waals surface area contributed by atoms with Gasteiger partial charge < -0.3 is 10.4 Å². The monoisotopic (exact) mass is 231 g/mol. The molecular formula is C10H17NO3S. The van der Waals surface area contributed by atoms with E-state index in [2.05, 4.69) is 5.32 Å². The Kier molecular flexibility index (Phi) is 4.45. The van der Waals surface area contributed by atoms with E-state index >= 15 is 0 Å². The quantitative estimate of drug-likeness (QED) is 0.714. The number of rotatable bonds is 6. The first kappa shape index (κ1) is 12.4. The lowest BCUT2D eigenvalue weighted by Crippen LogP contribution is -2.42. The highest BCUT2D eigenvalue weighted by Gasteiger charge is 2.40. The van der Waals surface area contributed by atoms with Gasteiger partial charge in [0, 0.05) is 5.92 Å². The lowest BCUT2D eigenvalue weighted by atomic mass is 10.2. The first-order chi connectivity index (χ1) is 7.06. The number of carboxylic acids is 1. The van der Waals surface area contributed by atoms with E-state index in [0.29, 0.717) is 12.3 Å². The van der Waals surface area contributed by atoms with Gasteiger partial charge in [0.15, 0.2) is 0 Å². The van der Waals surface area contributed by atoms with Crippen LogP contribution in [0.15, 0.2) is 0 Å². The van der Waals surface area contributed by atoms with Crippen molar-refractivity contribution in [2.24, 2.45) is 11.8 Å². The Labute approximate surface area is 93.8 Å². The second-order valence-corrected chi connectivity index (χ2v) is 4.99. The number of hydrogen-bond acceptors (Lipinski definition) is 3. The van der Waals surface area contributed by atoms with Crippen LogP contribution in [0.4, 0.5) is 0 Å². The van der Waals surface area contributed by atoms with Gasteiger partial charge >= 0.3 is 5.97 Å². The number of hydrogen-bond donors (Lipinski definition) is 2. The Morgan fingerprint density at radius 1 is 1.60 bits per heavy atom. The van der Waals surface area contributed by atoms with Crippen LogP contribution >= 0.6 is 11.8 Å². The first-order valence-corrected chi connectivity index (χ1v) is 6.47. The van der Waals surface area contributed by atoms with Crippen molar-refractivity contribution < 1.29 is 14.7 Å². The molecule has 1 saturated carbocycles. The summed E-state index contributed by atoms with van der Waals surface area (Å²) in [4.78, 5) is 22.4. The highest BCUT2D eigenvalue weighted by atomic mass is 32.2. The van der Waals surface area contributed by atoms with Gasteiger partial charge in [-0.1, -0.05) is 6.92 Å². The SMILES string of the molecule is CSCCC(NC(=O)C1CC1C)C(=O)O. The Balaban J connectivity index is 2.36. The molecule has 0 aliphatic heterocycles. The van der Waals surface area contributed by atoms with E-state index in [-0.39, 0.29) is 11.8 Å². The summed E-state index contributed by atoms with van der Waals surface area (Å²) in [6.07, 6.45) is 3.30. The molecule has 1 amide bonds. The molecule has 0 aromatic heterocycles. The van der Waals surface area contributed by atoms with Crippen LogP contribution < -0.4 is 5.32 Å². The molecule has 4 nitrogen and oxygen atoms in total. The average Bonchev–Trinajstić information content (AvgIpc) is 2.89. The van der Waals surface area contributed by atoms with Crippen molar-refractivity contribution >= 4 is 23.6 Å². The smallest absolute Gasteiger partial charge is 0.326 e. The van der Waals surface area contributed by atoms with Crippen LogP contribution in [-0.2, 0) is 9.59 Å². The third-order valence-electron chi connectivity index (χ3n) is 2.67. The molecule has 2 N–H and O–H groups in total. The fraction of sp³-hybridized carbons (Fsp3) is 0.800. The molecule has 1 fully saturated rings. The molecule has 0 heterocycles. The van der Waals surface area contributed by atoms with Gasteiger partial charge in [0.25, 0.3) is 0 Å². The molecule has 0 radical (unpaired) electrons. The van der Waals surface area contributed by atoms with Gasteiger partial charge in [-0.3, -0.25) is 4.79 Å². The van der Waals surface area contributed by atoms with Crippen LogP contribution in [-0.4, -0.2) is 35.0 Å². The van der Waals surface area contributed by atoms with Crippen molar-refractivity contribution in [2.45, 2.75) is 25.8 Å². The van der Waals surface area contributed by atoms with Crippen LogP contribution in [0.3, 0.4) is 0 Å². The number of thioether (sulfide) groups is 1. The highest BCUT2D eigenvalue weighted by Crippen LogP contribution is 2.37. The Morgan fingerprint density at radius 2 is 2.20 bits per heavy atom. The fourth-order valence-electron chi connectivity index (χ4n) is 1.46. The second-order valence-electron chi connectivity index (χ2n) is 4.00. The second kappa shape index (κ2) is 5.39. The largest absolute Gasteiger partial charge is 0.480 e.